The van der Waals surface area contributed by atoms with E-state index in [1.165, 1.54) is 6.42 Å². The Morgan fingerprint density at radius 3 is 2.31 bits per heavy atom. The Morgan fingerprint density at radius 1 is 1.04 bits per heavy atom. The molecule has 0 aromatic carbocycles. The zero-order valence-corrected chi connectivity index (χ0v) is 16.7. The number of piperidine rings is 1. The Balaban J connectivity index is 1.44. The first kappa shape index (κ1) is 19.3. The fourth-order valence-electron chi connectivity index (χ4n) is 4.43. The molecule has 6 heteroatoms. The summed E-state index contributed by atoms with van der Waals surface area (Å²) in [6.07, 6.45) is 7.76. The van der Waals surface area contributed by atoms with E-state index in [2.05, 4.69) is 16.8 Å². The largest absolute Gasteiger partial charge is 0.343 e. The lowest BCUT2D eigenvalue weighted by Gasteiger charge is -2.36. The van der Waals surface area contributed by atoms with Crippen molar-refractivity contribution >= 4 is 23.2 Å². The fourth-order valence-corrected chi connectivity index (χ4v) is 4.99. The first-order valence-electron chi connectivity index (χ1n) is 10.1. The van der Waals surface area contributed by atoms with Crippen LogP contribution in [0.25, 0.3) is 0 Å². The molecule has 2 fully saturated rings. The Hall–Kier alpha value is -1.43. The second kappa shape index (κ2) is 9.49. The molecule has 2 aliphatic heterocycles. The SMILES string of the molecule is CCCC(=O)N1CCCC(C2CCN(C(=O)Cc3cscn3)CC2)CC1. The van der Waals surface area contributed by atoms with E-state index in [9.17, 15) is 9.59 Å². The summed E-state index contributed by atoms with van der Waals surface area (Å²) in [7, 11) is 0. The van der Waals surface area contributed by atoms with E-state index >= 15 is 0 Å². The molecule has 2 saturated heterocycles. The van der Waals surface area contributed by atoms with Crippen molar-refractivity contribution in [3.63, 3.8) is 0 Å². The molecule has 0 radical (unpaired) electrons. The third-order valence-corrected chi connectivity index (χ3v) is 6.60. The molecule has 1 unspecified atom stereocenters. The van der Waals surface area contributed by atoms with Gasteiger partial charge >= 0.3 is 0 Å². The highest BCUT2D eigenvalue weighted by molar-refractivity contribution is 7.07. The molecule has 5 nitrogen and oxygen atoms in total. The van der Waals surface area contributed by atoms with Crippen LogP contribution in [0.15, 0.2) is 10.9 Å². The number of thiazole rings is 1. The Labute approximate surface area is 160 Å². The third-order valence-electron chi connectivity index (χ3n) is 5.96. The lowest BCUT2D eigenvalue weighted by atomic mass is 9.80. The predicted octanol–water partition coefficient (Wildman–Crippen LogP) is 3.35. The molecule has 0 saturated carbocycles. The van der Waals surface area contributed by atoms with Gasteiger partial charge in [-0.2, -0.15) is 0 Å². The van der Waals surface area contributed by atoms with Crippen LogP contribution in [-0.4, -0.2) is 52.8 Å². The molecule has 144 valence electrons. The van der Waals surface area contributed by atoms with Crippen molar-refractivity contribution in [2.24, 2.45) is 11.8 Å². The van der Waals surface area contributed by atoms with Gasteiger partial charge in [-0.3, -0.25) is 9.59 Å². The molecule has 0 aliphatic carbocycles. The minimum absolute atomic E-state index is 0.214. The number of amides is 2. The highest BCUT2D eigenvalue weighted by Crippen LogP contribution is 2.32. The van der Waals surface area contributed by atoms with E-state index in [0.29, 0.717) is 30.6 Å². The summed E-state index contributed by atoms with van der Waals surface area (Å²) in [5.41, 5.74) is 2.68. The van der Waals surface area contributed by atoms with Gasteiger partial charge in [-0.15, -0.1) is 11.3 Å². The Kier molecular flexibility index (Phi) is 7.06. The number of rotatable bonds is 5. The van der Waals surface area contributed by atoms with Crippen LogP contribution in [0.1, 0.15) is 57.6 Å². The zero-order valence-electron chi connectivity index (χ0n) is 15.9. The minimum Gasteiger partial charge on any atom is -0.343 e. The van der Waals surface area contributed by atoms with Gasteiger partial charge in [-0.05, 0) is 50.4 Å². The maximum atomic E-state index is 12.4. The lowest BCUT2D eigenvalue weighted by molar-refractivity contribution is -0.133. The zero-order chi connectivity index (χ0) is 18.4. The first-order chi connectivity index (χ1) is 12.7. The van der Waals surface area contributed by atoms with Crippen molar-refractivity contribution in [3.05, 3.63) is 16.6 Å². The quantitative estimate of drug-likeness (QED) is 0.791. The van der Waals surface area contributed by atoms with Gasteiger partial charge in [0.05, 0.1) is 17.6 Å². The fraction of sp³-hybridized carbons (Fsp3) is 0.750. The van der Waals surface area contributed by atoms with E-state index < -0.39 is 0 Å². The number of hydrogen-bond acceptors (Lipinski definition) is 4. The number of aromatic nitrogens is 1. The van der Waals surface area contributed by atoms with E-state index in [-0.39, 0.29) is 5.91 Å². The Bertz CT molecular complexity index is 582. The van der Waals surface area contributed by atoms with Crippen LogP contribution in [-0.2, 0) is 16.0 Å². The molecule has 2 amide bonds. The molecular formula is C20H31N3O2S. The molecular weight excluding hydrogens is 346 g/mol. The van der Waals surface area contributed by atoms with Gasteiger partial charge in [-0.1, -0.05) is 6.92 Å². The Morgan fingerprint density at radius 2 is 1.69 bits per heavy atom. The van der Waals surface area contributed by atoms with Crippen molar-refractivity contribution in [1.29, 1.82) is 0 Å². The second-order valence-electron chi connectivity index (χ2n) is 7.70. The molecule has 0 bridgehead atoms. The third kappa shape index (κ3) is 5.06. The minimum atomic E-state index is 0.214. The molecule has 0 spiro atoms. The molecule has 1 atom stereocenters. The molecule has 1 aromatic heterocycles. The van der Waals surface area contributed by atoms with Crippen molar-refractivity contribution in [3.8, 4) is 0 Å². The van der Waals surface area contributed by atoms with Crippen LogP contribution >= 0.6 is 11.3 Å². The standard InChI is InChI=1S/C20H31N3O2S/c1-2-4-19(24)22-9-3-5-16(6-10-22)17-7-11-23(12-8-17)20(25)13-18-14-26-15-21-18/h14-17H,2-13H2,1H3. The van der Waals surface area contributed by atoms with Gasteiger partial charge in [0.2, 0.25) is 11.8 Å². The summed E-state index contributed by atoms with van der Waals surface area (Å²) in [4.78, 5) is 32.9. The maximum Gasteiger partial charge on any atom is 0.228 e. The van der Waals surface area contributed by atoms with Gasteiger partial charge in [-0.25, -0.2) is 4.98 Å². The number of carbonyl (C=O) groups excluding carboxylic acids is 2. The van der Waals surface area contributed by atoms with Crippen LogP contribution in [0.4, 0.5) is 0 Å². The molecule has 3 rings (SSSR count). The summed E-state index contributed by atoms with van der Waals surface area (Å²) in [6.45, 7) is 5.68. The summed E-state index contributed by atoms with van der Waals surface area (Å²) in [6, 6.07) is 0. The van der Waals surface area contributed by atoms with E-state index in [1.807, 2.05) is 10.3 Å². The van der Waals surface area contributed by atoms with Gasteiger partial charge < -0.3 is 9.80 Å². The first-order valence-corrected chi connectivity index (χ1v) is 11.0. The number of hydrogen-bond donors (Lipinski definition) is 0. The average molecular weight is 378 g/mol. The van der Waals surface area contributed by atoms with E-state index in [1.54, 1.807) is 16.8 Å². The van der Waals surface area contributed by atoms with Gasteiger partial charge in [0.15, 0.2) is 0 Å². The van der Waals surface area contributed by atoms with Crippen LogP contribution in [0.2, 0.25) is 0 Å². The van der Waals surface area contributed by atoms with Crippen molar-refractivity contribution in [2.75, 3.05) is 26.2 Å². The summed E-state index contributed by atoms with van der Waals surface area (Å²) >= 11 is 1.54. The maximum absolute atomic E-state index is 12.4. The normalized spacial score (nSPS) is 22.3. The summed E-state index contributed by atoms with van der Waals surface area (Å²) in [5.74, 6) is 1.96. The van der Waals surface area contributed by atoms with Gasteiger partial charge in [0.25, 0.3) is 0 Å². The second-order valence-corrected chi connectivity index (χ2v) is 8.42. The van der Waals surface area contributed by atoms with Gasteiger partial charge in [0, 0.05) is 38.0 Å². The monoisotopic (exact) mass is 377 g/mol. The number of nitrogens with zero attached hydrogens (tertiary/aromatic N) is 3. The van der Waals surface area contributed by atoms with E-state index in [0.717, 1.165) is 64.0 Å². The average Bonchev–Trinajstić information content (AvgIpc) is 3.03. The van der Waals surface area contributed by atoms with Crippen LogP contribution < -0.4 is 0 Å². The molecule has 3 heterocycles. The van der Waals surface area contributed by atoms with E-state index in [4.69, 9.17) is 0 Å². The van der Waals surface area contributed by atoms with Crippen molar-refractivity contribution in [2.45, 2.75) is 58.3 Å². The molecule has 0 N–H and O–H groups in total. The predicted molar refractivity (Wildman–Crippen MR) is 104 cm³/mol. The highest BCUT2D eigenvalue weighted by Gasteiger charge is 2.30. The molecule has 26 heavy (non-hydrogen) atoms. The van der Waals surface area contributed by atoms with Gasteiger partial charge in [0.1, 0.15) is 0 Å². The number of likely N-dealkylation sites (tertiary alicyclic amines) is 2. The molecule has 1 aromatic rings. The number of carbonyl (C=O) groups is 2. The highest BCUT2D eigenvalue weighted by atomic mass is 32.1. The summed E-state index contributed by atoms with van der Waals surface area (Å²) < 4.78 is 0. The van der Waals surface area contributed by atoms with Crippen molar-refractivity contribution < 1.29 is 9.59 Å². The topological polar surface area (TPSA) is 53.5 Å². The smallest absolute Gasteiger partial charge is 0.228 e. The van der Waals surface area contributed by atoms with Crippen LogP contribution in [0.3, 0.4) is 0 Å². The summed E-state index contributed by atoms with van der Waals surface area (Å²) in [5, 5.41) is 1.96. The van der Waals surface area contributed by atoms with Crippen LogP contribution in [0, 0.1) is 11.8 Å². The van der Waals surface area contributed by atoms with Crippen LogP contribution in [0.5, 0.6) is 0 Å². The molecule has 2 aliphatic rings. The lowest BCUT2D eigenvalue weighted by Crippen LogP contribution is -2.41. The van der Waals surface area contributed by atoms with Crippen molar-refractivity contribution in [1.82, 2.24) is 14.8 Å².